The van der Waals surface area contributed by atoms with Crippen molar-refractivity contribution >= 4 is 34.5 Å². The van der Waals surface area contributed by atoms with E-state index in [1.165, 1.54) is 6.20 Å². The molecule has 3 rings (SSSR count). The highest BCUT2D eigenvalue weighted by atomic mass is 32.2. The minimum atomic E-state index is -0.714. The second kappa shape index (κ2) is 9.42. The van der Waals surface area contributed by atoms with Gasteiger partial charge in [0.15, 0.2) is 11.5 Å². The van der Waals surface area contributed by atoms with E-state index in [1.807, 2.05) is 31.6 Å². The Labute approximate surface area is 179 Å². The summed E-state index contributed by atoms with van der Waals surface area (Å²) >= 11 is 1.59. The highest BCUT2D eigenvalue weighted by Crippen LogP contribution is 2.35. The molecule has 8 nitrogen and oxygen atoms in total. The molecule has 1 unspecified atom stereocenters. The number of amides is 2. The molecule has 2 N–H and O–H groups in total. The smallest absolute Gasteiger partial charge is 0.257 e. The molecule has 1 aliphatic heterocycles. The molecule has 2 amide bonds. The van der Waals surface area contributed by atoms with Crippen LogP contribution in [0.1, 0.15) is 37.6 Å². The van der Waals surface area contributed by atoms with E-state index < -0.39 is 17.4 Å². The van der Waals surface area contributed by atoms with Gasteiger partial charge in [0.2, 0.25) is 18.1 Å². The molecule has 1 aromatic heterocycles. The Bertz CT molecular complexity index is 1020. The SMILES string of the molecule is CCn1cc(C(=O)NC(CCSC)C(=O)NC(C)C)c(=O)c2cc3c(cc21)OCO3. The molecule has 0 saturated carbocycles. The van der Waals surface area contributed by atoms with Gasteiger partial charge in [0.25, 0.3) is 5.91 Å². The number of benzene rings is 1. The van der Waals surface area contributed by atoms with Crippen molar-refractivity contribution in [3.05, 3.63) is 34.1 Å². The van der Waals surface area contributed by atoms with Gasteiger partial charge in [-0.25, -0.2) is 0 Å². The average molecular weight is 434 g/mol. The lowest BCUT2D eigenvalue weighted by molar-refractivity contribution is -0.123. The molecule has 1 aromatic carbocycles. The Hall–Kier alpha value is -2.68. The number of rotatable bonds is 8. The third kappa shape index (κ3) is 4.56. The van der Waals surface area contributed by atoms with Crippen molar-refractivity contribution in [1.82, 2.24) is 15.2 Å². The van der Waals surface area contributed by atoms with Gasteiger partial charge in [0, 0.05) is 24.8 Å². The number of aryl methyl sites for hydroxylation is 1. The first-order chi connectivity index (χ1) is 14.3. The van der Waals surface area contributed by atoms with Crippen molar-refractivity contribution in [2.24, 2.45) is 0 Å². The molecule has 2 heterocycles. The van der Waals surface area contributed by atoms with Crippen LogP contribution in [0.15, 0.2) is 23.1 Å². The highest BCUT2D eigenvalue weighted by Gasteiger charge is 2.25. The summed E-state index contributed by atoms with van der Waals surface area (Å²) in [6.45, 7) is 6.30. The number of carbonyl (C=O) groups is 2. The Morgan fingerprint density at radius 2 is 1.90 bits per heavy atom. The van der Waals surface area contributed by atoms with Crippen molar-refractivity contribution in [2.45, 2.75) is 45.8 Å². The van der Waals surface area contributed by atoms with Gasteiger partial charge in [-0.05, 0) is 45.3 Å². The zero-order valence-electron chi connectivity index (χ0n) is 17.6. The number of aromatic nitrogens is 1. The highest BCUT2D eigenvalue weighted by molar-refractivity contribution is 7.98. The summed E-state index contributed by atoms with van der Waals surface area (Å²) in [6, 6.07) is 2.60. The molecule has 9 heteroatoms. The second-order valence-corrected chi connectivity index (χ2v) is 8.34. The zero-order valence-corrected chi connectivity index (χ0v) is 18.4. The number of fused-ring (bicyclic) bond motifs is 2. The Morgan fingerprint density at radius 3 is 2.53 bits per heavy atom. The zero-order chi connectivity index (χ0) is 21.8. The first-order valence-electron chi connectivity index (χ1n) is 9.92. The Balaban J connectivity index is 1.97. The summed E-state index contributed by atoms with van der Waals surface area (Å²) in [4.78, 5) is 38.6. The van der Waals surface area contributed by atoms with E-state index in [-0.39, 0.29) is 24.3 Å². The van der Waals surface area contributed by atoms with Crippen molar-refractivity contribution in [3.8, 4) is 11.5 Å². The fourth-order valence-corrected chi connectivity index (χ4v) is 3.80. The average Bonchev–Trinajstić information content (AvgIpc) is 3.17. The van der Waals surface area contributed by atoms with Gasteiger partial charge in [-0.3, -0.25) is 14.4 Å². The van der Waals surface area contributed by atoms with Crippen LogP contribution < -0.4 is 25.5 Å². The molecule has 1 aliphatic rings. The number of ether oxygens (including phenoxy) is 2. The molecule has 0 bridgehead atoms. The molecular formula is C21H27N3O5S. The van der Waals surface area contributed by atoms with Crippen LogP contribution >= 0.6 is 11.8 Å². The topological polar surface area (TPSA) is 98.7 Å². The van der Waals surface area contributed by atoms with E-state index in [9.17, 15) is 14.4 Å². The molecule has 0 aliphatic carbocycles. The van der Waals surface area contributed by atoms with Crippen molar-refractivity contribution in [2.75, 3.05) is 18.8 Å². The standard InChI is InChI=1S/C21H27N3O5S/c1-5-24-10-14(19(25)13-8-17-18(9-16(13)24)29-11-28-17)20(26)23-15(6-7-30-4)21(27)22-12(2)3/h8-10,12,15H,5-7,11H2,1-4H3,(H,22,27)(H,23,26). The van der Waals surface area contributed by atoms with Gasteiger partial charge in [0.05, 0.1) is 10.9 Å². The van der Waals surface area contributed by atoms with Gasteiger partial charge in [-0.15, -0.1) is 0 Å². The van der Waals surface area contributed by atoms with Crippen LogP contribution in [0.25, 0.3) is 10.9 Å². The van der Waals surface area contributed by atoms with E-state index in [1.54, 1.807) is 23.9 Å². The van der Waals surface area contributed by atoms with Crippen LogP contribution in [-0.4, -0.2) is 47.3 Å². The maximum absolute atomic E-state index is 13.1. The number of nitrogens with one attached hydrogen (secondary N) is 2. The fraction of sp³-hybridized carbons (Fsp3) is 0.476. The van der Waals surface area contributed by atoms with Crippen molar-refractivity contribution < 1.29 is 19.1 Å². The van der Waals surface area contributed by atoms with E-state index in [4.69, 9.17) is 9.47 Å². The molecule has 2 aromatic rings. The summed E-state index contributed by atoms with van der Waals surface area (Å²) in [7, 11) is 0. The Kier molecular flexibility index (Phi) is 6.91. The lowest BCUT2D eigenvalue weighted by Gasteiger charge is -2.20. The normalized spacial score (nSPS) is 13.5. The predicted molar refractivity (Wildman–Crippen MR) is 118 cm³/mol. The number of nitrogens with zero attached hydrogens (tertiary/aromatic N) is 1. The molecule has 30 heavy (non-hydrogen) atoms. The third-order valence-corrected chi connectivity index (χ3v) is 5.47. The number of hydrogen-bond acceptors (Lipinski definition) is 6. The maximum atomic E-state index is 13.1. The number of hydrogen-bond donors (Lipinski definition) is 2. The van der Waals surface area contributed by atoms with E-state index in [0.29, 0.717) is 41.1 Å². The van der Waals surface area contributed by atoms with Crippen molar-refractivity contribution in [3.63, 3.8) is 0 Å². The summed E-state index contributed by atoms with van der Waals surface area (Å²) in [5.41, 5.74) is 0.257. The summed E-state index contributed by atoms with van der Waals surface area (Å²) in [6.07, 6.45) is 3.95. The minimum absolute atomic E-state index is 0.00489. The number of pyridine rings is 1. The summed E-state index contributed by atoms with van der Waals surface area (Å²) in [5.74, 6) is 0.938. The van der Waals surface area contributed by atoms with Crippen molar-refractivity contribution in [1.29, 1.82) is 0 Å². The lowest BCUT2D eigenvalue weighted by atomic mass is 10.1. The Morgan fingerprint density at radius 1 is 1.20 bits per heavy atom. The monoisotopic (exact) mass is 433 g/mol. The number of thioether (sulfide) groups is 1. The van der Waals surface area contributed by atoms with Gasteiger partial charge >= 0.3 is 0 Å². The molecule has 0 radical (unpaired) electrons. The van der Waals surface area contributed by atoms with E-state index in [2.05, 4.69) is 10.6 Å². The van der Waals surface area contributed by atoms with Gasteiger partial charge in [0.1, 0.15) is 11.6 Å². The second-order valence-electron chi connectivity index (χ2n) is 7.35. The molecule has 1 atom stereocenters. The van der Waals surface area contributed by atoms with Crippen LogP contribution in [0.3, 0.4) is 0 Å². The first-order valence-corrected chi connectivity index (χ1v) is 11.3. The molecule has 162 valence electrons. The van der Waals surface area contributed by atoms with Crippen LogP contribution in [0, 0.1) is 0 Å². The van der Waals surface area contributed by atoms with E-state index in [0.717, 1.165) is 0 Å². The molecule has 0 spiro atoms. The summed E-state index contributed by atoms with van der Waals surface area (Å²) < 4.78 is 12.6. The summed E-state index contributed by atoms with van der Waals surface area (Å²) in [5, 5.41) is 5.95. The van der Waals surface area contributed by atoms with E-state index >= 15 is 0 Å². The van der Waals surface area contributed by atoms with Crippen LogP contribution in [0.5, 0.6) is 11.5 Å². The molecule has 0 saturated heterocycles. The largest absolute Gasteiger partial charge is 0.454 e. The predicted octanol–water partition coefficient (Wildman–Crippen LogP) is 2.13. The lowest BCUT2D eigenvalue weighted by Crippen LogP contribution is -2.49. The number of carbonyl (C=O) groups excluding carboxylic acids is 2. The fourth-order valence-electron chi connectivity index (χ4n) is 3.33. The van der Waals surface area contributed by atoms with Crippen LogP contribution in [-0.2, 0) is 11.3 Å². The van der Waals surface area contributed by atoms with Gasteiger partial charge in [-0.1, -0.05) is 0 Å². The quantitative estimate of drug-likeness (QED) is 0.662. The third-order valence-electron chi connectivity index (χ3n) is 4.82. The van der Waals surface area contributed by atoms with Gasteiger partial charge < -0.3 is 24.7 Å². The molecule has 0 fully saturated rings. The first kappa shape index (κ1) is 22.0. The van der Waals surface area contributed by atoms with Crippen LogP contribution in [0.2, 0.25) is 0 Å². The minimum Gasteiger partial charge on any atom is -0.454 e. The molecular weight excluding hydrogens is 406 g/mol. The van der Waals surface area contributed by atoms with Crippen LogP contribution in [0.4, 0.5) is 0 Å². The maximum Gasteiger partial charge on any atom is 0.257 e. The van der Waals surface area contributed by atoms with Gasteiger partial charge in [-0.2, -0.15) is 11.8 Å².